The summed E-state index contributed by atoms with van der Waals surface area (Å²) >= 11 is 1.99. The summed E-state index contributed by atoms with van der Waals surface area (Å²) in [6.45, 7) is 3.55. The van der Waals surface area contributed by atoms with Crippen molar-refractivity contribution in [2.75, 3.05) is 6.61 Å². The maximum Gasteiger partial charge on any atom is 0.251 e. The molecule has 17 heavy (non-hydrogen) atoms. The Balaban J connectivity index is 2.86. The van der Waals surface area contributed by atoms with Gasteiger partial charge in [-0.1, -0.05) is 6.92 Å². The van der Waals surface area contributed by atoms with Crippen LogP contribution in [0.25, 0.3) is 0 Å². The zero-order chi connectivity index (χ0) is 13.1. The molecule has 0 heterocycles. The molecule has 0 bridgehead atoms. The van der Waals surface area contributed by atoms with Gasteiger partial charge in [0.15, 0.2) is 0 Å². The second-order valence-corrected chi connectivity index (χ2v) is 5.35. The summed E-state index contributed by atoms with van der Waals surface area (Å²) in [5, 5.41) is 21.5. The van der Waals surface area contributed by atoms with Crippen molar-refractivity contribution in [3.8, 4) is 5.75 Å². The van der Waals surface area contributed by atoms with Crippen molar-refractivity contribution in [2.45, 2.75) is 25.8 Å². The Labute approximate surface area is 114 Å². The molecule has 1 rings (SSSR count). The molecule has 0 saturated carbocycles. The van der Waals surface area contributed by atoms with Crippen LogP contribution in [0.5, 0.6) is 5.75 Å². The lowest BCUT2D eigenvalue weighted by atomic mass is 9.99. The van der Waals surface area contributed by atoms with Gasteiger partial charge in [0, 0.05) is 5.56 Å². The number of hydrogen-bond acceptors (Lipinski definition) is 3. The third-order valence-electron chi connectivity index (χ3n) is 2.75. The highest BCUT2D eigenvalue weighted by molar-refractivity contribution is 14.1. The van der Waals surface area contributed by atoms with Crippen molar-refractivity contribution < 1.29 is 15.0 Å². The first kappa shape index (κ1) is 14.2. The SMILES string of the molecule is CCC(C)(CO)NC(=O)c1ccc(I)c(O)c1. The van der Waals surface area contributed by atoms with Gasteiger partial charge in [-0.3, -0.25) is 4.79 Å². The number of benzene rings is 1. The number of hydrogen-bond donors (Lipinski definition) is 3. The Morgan fingerprint density at radius 1 is 1.53 bits per heavy atom. The Hall–Kier alpha value is -0.820. The molecular weight excluding hydrogens is 333 g/mol. The lowest BCUT2D eigenvalue weighted by Gasteiger charge is -2.27. The van der Waals surface area contributed by atoms with Crippen LogP contribution < -0.4 is 5.32 Å². The number of aliphatic hydroxyl groups is 1. The fourth-order valence-corrected chi connectivity index (χ4v) is 1.58. The first-order valence-corrected chi connectivity index (χ1v) is 6.41. The molecule has 94 valence electrons. The first-order valence-electron chi connectivity index (χ1n) is 5.34. The van der Waals surface area contributed by atoms with Gasteiger partial charge in [0.1, 0.15) is 5.75 Å². The predicted molar refractivity (Wildman–Crippen MR) is 74.1 cm³/mol. The highest BCUT2D eigenvalue weighted by atomic mass is 127. The average Bonchev–Trinajstić information content (AvgIpc) is 2.32. The van der Waals surface area contributed by atoms with Gasteiger partial charge in [-0.25, -0.2) is 0 Å². The van der Waals surface area contributed by atoms with Crippen molar-refractivity contribution in [1.82, 2.24) is 5.32 Å². The molecule has 0 spiro atoms. The molecule has 0 radical (unpaired) electrons. The number of aromatic hydroxyl groups is 1. The number of phenolic OH excluding ortho intramolecular Hbond substituents is 1. The van der Waals surface area contributed by atoms with Gasteiger partial charge in [-0.15, -0.1) is 0 Å². The molecule has 1 aromatic rings. The maximum atomic E-state index is 11.9. The highest BCUT2D eigenvalue weighted by Crippen LogP contribution is 2.21. The molecule has 0 aliphatic rings. The molecule has 1 amide bonds. The van der Waals surface area contributed by atoms with Crippen LogP contribution in [0.1, 0.15) is 30.6 Å². The normalized spacial score (nSPS) is 14.1. The minimum atomic E-state index is -0.629. The van der Waals surface area contributed by atoms with Gasteiger partial charge in [0.25, 0.3) is 5.91 Å². The quantitative estimate of drug-likeness (QED) is 0.727. The van der Waals surface area contributed by atoms with E-state index in [4.69, 9.17) is 0 Å². The molecule has 5 heteroatoms. The fraction of sp³-hybridized carbons (Fsp3) is 0.417. The van der Waals surface area contributed by atoms with Crippen LogP contribution in [0.4, 0.5) is 0 Å². The summed E-state index contributed by atoms with van der Waals surface area (Å²) in [5.74, 6) is -0.212. The van der Waals surface area contributed by atoms with Crippen LogP contribution in [0.3, 0.4) is 0 Å². The number of carbonyl (C=O) groups is 1. The second-order valence-electron chi connectivity index (χ2n) is 4.19. The molecule has 1 unspecified atom stereocenters. The number of halogens is 1. The number of amides is 1. The predicted octanol–water partition coefficient (Wildman–Crippen LogP) is 1.89. The molecule has 0 fully saturated rings. The lowest BCUT2D eigenvalue weighted by Crippen LogP contribution is -2.48. The van der Waals surface area contributed by atoms with Gasteiger partial charge >= 0.3 is 0 Å². The number of phenols is 1. The molecule has 3 N–H and O–H groups in total. The Morgan fingerprint density at radius 3 is 2.65 bits per heavy atom. The van der Waals surface area contributed by atoms with E-state index in [1.807, 2.05) is 29.5 Å². The number of carbonyl (C=O) groups excluding carboxylic acids is 1. The van der Waals surface area contributed by atoms with E-state index in [9.17, 15) is 15.0 Å². The summed E-state index contributed by atoms with van der Waals surface area (Å²) in [6, 6.07) is 4.74. The van der Waals surface area contributed by atoms with Crippen LogP contribution in [0, 0.1) is 3.57 Å². The average molecular weight is 349 g/mol. The maximum absolute atomic E-state index is 11.9. The van der Waals surface area contributed by atoms with Crippen molar-refractivity contribution in [3.63, 3.8) is 0 Å². The summed E-state index contributed by atoms with van der Waals surface area (Å²) in [4.78, 5) is 11.9. The van der Waals surface area contributed by atoms with Gasteiger partial charge in [-0.2, -0.15) is 0 Å². The van der Waals surface area contributed by atoms with E-state index >= 15 is 0 Å². The van der Waals surface area contributed by atoms with E-state index in [2.05, 4.69) is 5.32 Å². The Bertz CT molecular complexity index is 416. The summed E-state index contributed by atoms with van der Waals surface area (Å²) in [7, 11) is 0. The van der Waals surface area contributed by atoms with Crippen molar-refractivity contribution >= 4 is 28.5 Å². The Morgan fingerprint density at radius 2 is 2.18 bits per heavy atom. The van der Waals surface area contributed by atoms with Gasteiger partial charge in [-0.05, 0) is 54.1 Å². The summed E-state index contributed by atoms with van der Waals surface area (Å²) < 4.78 is 0.694. The zero-order valence-corrected chi connectivity index (χ0v) is 12.0. The molecule has 1 atom stereocenters. The fourth-order valence-electron chi connectivity index (χ4n) is 1.24. The first-order chi connectivity index (χ1) is 7.91. The topological polar surface area (TPSA) is 69.6 Å². The lowest BCUT2D eigenvalue weighted by molar-refractivity contribution is 0.0847. The molecule has 0 saturated heterocycles. The number of nitrogens with one attached hydrogen (secondary N) is 1. The van der Waals surface area contributed by atoms with E-state index in [1.54, 1.807) is 19.1 Å². The van der Waals surface area contributed by atoms with Crippen LogP contribution in [0.2, 0.25) is 0 Å². The third kappa shape index (κ3) is 3.57. The highest BCUT2D eigenvalue weighted by Gasteiger charge is 2.23. The molecule has 0 aliphatic heterocycles. The van der Waals surface area contributed by atoms with E-state index < -0.39 is 5.54 Å². The van der Waals surface area contributed by atoms with Crippen molar-refractivity contribution in [3.05, 3.63) is 27.3 Å². The van der Waals surface area contributed by atoms with Gasteiger partial charge in [0.05, 0.1) is 15.7 Å². The third-order valence-corrected chi connectivity index (χ3v) is 3.67. The number of aliphatic hydroxyl groups excluding tert-OH is 1. The van der Waals surface area contributed by atoms with Crippen LogP contribution >= 0.6 is 22.6 Å². The smallest absolute Gasteiger partial charge is 0.251 e. The van der Waals surface area contributed by atoms with E-state index in [1.165, 1.54) is 6.07 Å². The minimum Gasteiger partial charge on any atom is -0.507 e. The van der Waals surface area contributed by atoms with Gasteiger partial charge in [0.2, 0.25) is 0 Å². The largest absolute Gasteiger partial charge is 0.507 e. The summed E-state index contributed by atoms with van der Waals surface area (Å²) in [6.07, 6.45) is 0.631. The van der Waals surface area contributed by atoms with Crippen molar-refractivity contribution in [2.24, 2.45) is 0 Å². The van der Waals surface area contributed by atoms with E-state index in [0.29, 0.717) is 15.6 Å². The second kappa shape index (κ2) is 5.68. The summed E-state index contributed by atoms with van der Waals surface area (Å²) in [5.41, 5.74) is -0.244. The van der Waals surface area contributed by atoms with E-state index in [-0.39, 0.29) is 18.3 Å². The molecule has 0 aromatic heterocycles. The van der Waals surface area contributed by atoms with Crippen LogP contribution in [-0.2, 0) is 0 Å². The Kier molecular flexibility index (Phi) is 4.76. The minimum absolute atomic E-state index is 0.0838. The molecule has 4 nitrogen and oxygen atoms in total. The molecular formula is C12H16INO3. The molecule has 1 aromatic carbocycles. The standard InChI is InChI=1S/C12H16INO3/c1-3-12(2,7-15)14-11(17)8-4-5-9(13)10(16)6-8/h4-6,15-16H,3,7H2,1-2H3,(H,14,17). The zero-order valence-electron chi connectivity index (χ0n) is 9.83. The van der Waals surface area contributed by atoms with Gasteiger partial charge < -0.3 is 15.5 Å². The monoisotopic (exact) mass is 349 g/mol. The van der Waals surface area contributed by atoms with Crippen LogP contribution in [-0.4, -0.2) is 28.3 Å². The van der Waals surface area contributed by atoms with Crippen LogP contribution in [0.15, 0.2) is 18.2 Å². The number of rotatable bonds is 4. The van der Waals surface area contributed by atoms with E-state index in [0.717, 1.165) is 0 Å². The van der Waals surface area contributed by atoms with Crippen molar-refractivity contribution in [1.29, 1.82) is 0 Å². The molecule has 0 aliphatic carbocycles.